The standard InChI is InChI=1S/C15H20N2O3/c1-16(9-4-7-14(18)19)15(20)17-10-8-12-5-2-3-6-13(12)11-17/h2-3,5-6H,4,7-11H2,1H3,(H,18,19). The first-order valence-corrected chi connectivity index (χ1v) is 6.86. The normalized spacial score (nSPS) is 13.8. The molecule has 1 aliphatic heterocycles. The third-order valence-corrected chi connectivity index (χ3v) is 3.61. The number of hydrogen-bond acceptors (Lipinski definition) is 2. The van der Waals surface area contributed by atoms with Crippen molar-refractivity contribution in [2.24, 2.45) is 0 Å². The van der Waals surface area contributed by atoms with Crippen molar-refractivity contribution in [2.45, 2.75) is 25.8 Å². The summed E-state index contributed by atoms with van der Waals surface area (Å²) in [4.78, 5) is 26.2. The monoisotopic (exact) mass is 276 g/mol. The van der Waals surface area contributed by atoms with Crippen LogP contribution < -0.4 is 0 Å². The summed E-state index contributed by atoms with van der Waals surface area (Å²) >= 11 is 0. The van der Waals surface area contributed by atoms with Crippen molar-refractivity contribution < 1.29 is 14.7 Å². The number of carbonyl (C=O) groups excluding carboxylic acids is 1. The Balaban J connectivity index is 1.89. The number of aliphatic carboxylic acids is 1. The van der Waals surface area contributed by atoms with E-state index in [4.69, 9.17) is 5.11 Å². The highest BCUT2D eigenvalue weighted by Crippen LogP contribution is 2.19. The molecule has 0 aliphatic carbocycles. The molecule has 5 nitrogen and oxygen atoms in total. The van der Waals surface area contributed by atoms with Gasteiger partial charge in [0.05, 0.1) is 0 Å². The minimum absolute atomic E-state index is 0.0232. The van der Waals surface area contributed by atoms with Gasteiger partial charge >= 0.3 is 12.0 Å². The van der Waals surface area contributed by atoms with Crippen LogP contribution in [0.2, 0.25) is 0 Å². The molecule has 1 aliphatic rings. The quantitative estimate of drug-likeness (QED) is 0.914. The lowest BCUT2D eigenvalue weighted by molar-refractivity contribution is -0.137. The Morgan fingerprint density at radius 1 is 1.30 bits per heavy atom. The van der Waals surface area contributed by atoms with Crippen LogP contribution in [0.1, 0.15) is 24.0 Å². The van der Waals surface area contributed by atoms with Crippen LogP contribution in [0.5, 0.6) is 0 Å². The summed E-state index contributed by atoms with van der Waals surface area (Å²) in [6.07, 6.45) is 1.47. The van der Waals surface area contributed by atoms with Gasteiger partial charge in [-0.3, -0.25) is 4.79 Å². The van der Waals surface area contributed by atoms with Crippen molar-refractivity contribution in [1.29, 1.82) is 0 Å². The highest BCUT2D eigenvalue weighted by atomic mass is 16.4. The Bertz CT molecular complexity index is 502. The van der Waals surface area contributed by atoms with Gasteiger partial charge < -0.3 is 14.9 Å². The zero-order chi connectivity index (χ0) is 14.5. The largest absolute Gasteiger partial charge is 0.481 e. The van der Waals surface area contributed by atoms with Crippen LogP contribution in [-0.2, 0) is 17.8 Å². The molecule has 0 saturated heterocycles. The van der Waals surface area contributed by atoms with Gasteiger partial charge in [-0.1, -0.05) is 24.3 Å². The fraction of sp³-hybridized carbons (Fsp3) is 0.467. The zero-order valence-electron chi connectivity index (χ0n) is 11.7. The molecule has 2 amide bonds. The van der Waals surface area contributed by atoms with Gasteiger partial charge in [0.25, 0.3) is 0 Å². The van der Waals surface area contributed by atoms with E-state index in [9.17, 15) is 9.59 Å². The van der Waals surface area contributed by atoms with E-state index in [-0.39, 0.29) is 12.5 Å². The van der Waals surface area contributed by atoms with E-state index in [1.165, 1.54) is 11.1 Å². The van der Waals surface area contributed by atoms with Crippen LogP contribution in [0, 0.1) is 0 Å². The second-order valence-corrected chi connectivity index (χ2v) is 5.14. The molecule has 0 fully saturated rings. The van der Waals surface area contributed by atoms with Gasteiger partial charge in [-0.05, 0) is 24.0 Å². The molecule has 108 valence electrons. The SMILES string of the molecule is CN(CCCC(=O)O)C(=O)N1CCc2ccccc2C1. The molecule has 0 bridgehead atoms. The molecule has 0 aromatic heterocycles. The van der Waals surface area contributed by atoms with Crippen LogP contribution in [0.4, 0.5) is 4.79 Å². The van der Waals surface area contributed by atoms with Gasteiger partial charge in [-0.15, -0.1) is 0 Å². The summed E-state index contributed by atoms with van der Waals surface area (Å²) < 4.78 is 0. The van der Waals surface area contributed by atoms with Crippen LogP contribution in [0.3, 0.4) is 0 Å². The van der Waals surface area contributed by atoms with Crippen molar-refractivity contribution in [1.82, 2.24) is 9.80 Å². The van der Waals surface area contributed by atoms with E-state index in [0.717, 1.165) is 13.0 Å². The molecule has 0 unspecified atom stereocenters. The van der Waals surface area contributed by atoms with Crippen LogP contribution in [0.25, 0.3) is 0 Å². The molecular formula is C15H20N2O3. The Morgan fingerprint density at radius 3 is 2.70 bits per heavy atom. The third kappa shape index (κ3) is 3.50. The Labute approximate surface area is 118 Å². The second kappa shape index (κ2) is 6.41. The number of hydrogen-bond donors (Lipinski definition) is 1. The van der Waals surface area contributed by atoms with E-state index >= 15 is 0 Å². The summed E-state index contributed by atoms with van der Waals surface area (Å²) in [6.45, 7) is 1.83. The Kier molecular flexibility index (Phi) is 4.61. The van der Waals surface area contributed by atoms with Crippen LogP contribution in [-0.4, -0.2) is 47.0 Å². The molecule has 0 saturated carbocycles. The van der Waals surface area contributed by atoms with E-state index in [2.05, 4.69) is 12.1 Å². The van der Waals surface area contributed by atoms with E-state index < -0.39 is 5.97 Å². The summed E-state index contributed by atoms with van der Waals surface area (Å²) in [5.74, 6) is -0.822. The van der Waals surface area contributed by atoms with Crippen LogP contribution >= 0.6 is 0 Å². The maximum absolute atomic E-state index is 12.3. The summed E-state index contributed by atoms with van der Waals surface area (Å²) in [5, 5.41) is 8.61. The zero-order valence-corrected chi connectivity index (χ0v) is 11.7. The van der Waals surface area contributed by atoms with Crippen molar-refractivity contribution in [3.8, 4) is 0 Å². The van der Waals surface area contributed by atoms with Crippen molar-refractivity contribution in [3.63, 3.8) is 0 Å². The second-order valence-electron chi connectivity index (χ2n) is 5.14. The number of urea groups is 1. The fourth-order valence-electron chi connectivity index (χ4n) is 2.46. The number of nitrogens with zero attached hydrogens (tertiary/aromatic N) is 2. The molecular weight excluding hydrogens is 256 g/mol. The first kappa shape index (κ1) is 14.4. The van der Waals surface area contributed by atoms with Gasteiger partial charge in [0.1, 0.15) is 0 Å². The van der Waals surface area contributed by atoms with Crippen molar-refractivity contribution >= 4 is 12.0 Å². The lowest BCUT2D eigenvalue weighted by Gasteiger charge is -2.32. The molecule has 0 spiro atoms. The first-order chi connectivity index (χ1) is 9.58. The number of carboxylic acid groups (broad SMARTS) is 1. The number of benzene rings is 1. The van der Waals surface area contributed by atoms with Crippen molar-refractivity contribution in [3.05, 3.63) is 35.4 Å². The molecule has 20 heavy (non-hydrogen) atoms. The summed E-state index contributed by atoms with van der Waals surface area (Å²) in [5.41, 5.74) is 2.51. The number of rotatable bonds is 4. The molecule has 1 aromatic rings. The molecule has 5 heteroatoms. The number of carbonyl (C=O) groups is 2. The summed E-state index contributed by atoms with van der Waals surface area (Å²) in [6, 6.07) is 8.15. The molecule has 1 heterocycles. The fourth-order valence-corrected chi connectivity index (χ4v) is 2.46. The maximum Gasteiger partial charge on any atom is 0.320 e. The molecule has 1 N–H and O–H groups in total. The minimum Gasteiger partial charge on any atom is -0.481 e. The minimum atomic E-state index is -0.822. The Hall–Kier alpha value is -2.04. The number of fused-ring (bicyclic) bond motifs is 1. The highest BCUT2D eigenvalue weighted by molar-refractivity contribution is 5.74. The smallest absolute Gasteiger partial charge is 0.320 e. The molecule has 2 rings (SSSR count). The Morgan fingerprint density at radius 2 is 2.00 bits per heavy atom. The predicted octanol–water partition coefficient (Wildman–Crippen LogP) is 1.96. The lowest BCUT2D eigenvalue weighted by atomic mass is 10.0. The first-order valence-electron chi connectivity index (χ1n) is 6.86. The van der Waals surface area contributed by atoms with Crippen LogP contribution in [0.15, 0.2) is 24.3 Å². The topological polar surface area (TPSA) is 60.9 Å². The molecule has 0 radical (unpaired) electrons. The van der Waals surface area contributed by atoms with Gasteiger partial charge in [-0.25, -0.2) is 4.79 Å². The average Bonchev–Trinajstić information content (AvgIpc) is 2.45. The third-order valence-electron chi connectivity index (χ3n) is 3.61. The van der Waals surface area contributed by atoms with Gasteiger partial charge in [0, 0.05) is 33.1 Å². The van der Waals surface area contributed by atoms with E-state index in [0.29, 0.717) is 19.5 Å². The predicted molar refractivity (Wildman–Crippen MR) is 75.5 cm³/mol. The summed E-state index contributed by atoms with van der Waals surface area (Å²) in [7, 11) is 1.73. The number of carboxylic acids is 1. The highest BCUT2D eigenvalue weighted by Gasteiger charge is 2.22. The lowest BCUT2D eigenvalue weighted by Crippen LogP contribution is -2.44. The van der Waals surface area contributed by atoms with Gasteiger partial charge in [0.2, 0.25) is 0 Å². The molecule has 0 atom stereocenters. The average molecular weight is 276 g/mol. The van der Waals surface area contributed by atoms with Gasteiger partial charge in [0.15, 0.2) is 0 Å². The van der Waals surface area contributed by atoms with Crippen molar-refractivity contribution in [2.75, 3.05) is 20.1 Å². The van der Waals surface area contributed by atoms with E-state index in [1.807, 2.05) is 17.0 Å². The number of amides is 2. The molecule has 1 aromatic carbocycles. The maximum atomic E-state index is 12.3. The van der Waals surface area contributed by atoms with E-state index in [1.54, 1.807) is 11.9 Å². The van der Waals surface area contributed by atoms with Gasteiger partial charge in [-0.2, -0.15) is 0 Å².